The lowest BCUT2D eigenvalue weighted by Crippen LogP contribution is -1.99. The standard InChI is InChI=1S/C8H8F2.C7H14/c1-5-3-7(9)6(2)8(10)4-5;1-7-5-3-2-4-6-7/h3-4H,1-2H3;7H,2-6H2,1H3. The number of hydrogen-bond donors (Lipinski definition) is 0. The van der Waals surface area contributed by atoms with E-state index in [1.54, 1.807) is 6.92 Å². The number of rotatable bonds is 0. The lowest BCUT2D eigenvalue weighted by molar-refractivity contribution is 0.385. The summed E-state index contributed by atoms with van der Waals surface area (Å²) in [6.45, 7) is 5.44. The Kier molecular flexibility index (Phi) is 5.60. The third-order valence-corrected chi connectivity index (χ3v) is 3.32. The van der Waals surface area contributed by atoms with Crippen molar-refractivity contribution in [1.82, 2.24) is 0 Å². The largest absolute Gasteiger partial charge is 0.207 e. The average molecular weight is 240 g/mol. The van der Waals surface area contributed by atoms with Gasteiger partial charge in [-0.1, -0.05) is 39.0 Å². The van der Waals surface area contributed by atoms with Gasteiger partial charge in [0.25, 0.3) is 0 Å². The van der Waals surface area contributed by atoms with Gasteiger partial charge >= 0.3 is 0 Å². The van der Waals surface area contributed by atoms with Crippen LogP contribution in [0, 0.1) is 31.4 Å². The fourth-order valence-corrected chi connectivity index (χ4v) is 2.08. The quantitative estimate of drug-likeness (QED) is 0.587. The van der Waals surface area contributed by atoms with Crippen molar-refractivity contribution in [3.05, 3.63) is 34.9 Å². The van der Waals surface area contributed by atoms with Crippen LogP contribution in [0.3, 0.4) is 0 Å². The summed E-state index contributed by atoms with van der Waals surface area (Å²) in [4.78, 5) is 0. The van der Waals surface area contributed by atoms with E-state index in [4.69, 9.17) is 0 Å². The van der Waals surface area contributed by atoms with Crippen molar-refractivity contribution < 1.29 is 8.78 Å². The highest BCUT2D eigenvalue weighted by Gasteiger charge is 2.06. The first-order valence-corrected chi connectivity index (χ1v) is 6.43. The van der Waals surface area contributed by atoms with Crippen molar-refractivity contribution in [3.8, 4) is 0 Å². The predicted octanol–water partition coefficient (Wildman–Crippen LogP) is 5.17. The SMILES string of the molecule is CC1CCCCC1.Cc1cc(F)c(C)c(F)c1. The molecule has 0 atom stereocenters. The van der Waals surface area contributed by atoms with Crippen LogP contribution in [0.5, 0.6) is 0 Å². The topological polar surface area (TPSA) is 0 Å². The van der Waals surface area contributed by atoms with E-state index in [0.717, 1.165) is 5.92 Å². The maximum absolute atomic E-state index is 12.6. The van der Waals surface area contributed by atoms with E-state index in [0.29, 0.717) is 5.56 Å². The van der Waals surface area contributed by atoms with Crippen molar-refractivity contribution in [2.75, 3.05) is 0 Å². The zero-order valence-electron chi connectivity index (χ0n) is 11.0. The van der Waals surface area contributed by atoms with Gasteiger partial charge < -0.3 is 0 Å². The molecule has 0 heterocycles. The first-order valence-electron chi connectivity index (χ1n) is 6.43. The Hall–Kier alpha value is -0.920. The van der Waals surface area contributed by atoms with Crippen molar-refractivity contribution in [2.45, 2.75) is 52.9 Å². The third-order valence-electron chi connectivity index (χ3n) is 3.32. The highest BCUT2D eigenvalue weighted by molar-refractivity contribution is 5.23. The molecule has 0 amide bonds. The van der Waals surface area contributed by atoms with E-state index >= 15 is 0 Å². The van der Waals surface area contributed by atoms with Crippen LogP contribution in [-0.2, 0) is 0 Å². The molecule has 1 aliphatic rings. The molecule has 2 rings (SSSR count). The van der Waals surface area contributed by atoms with Crippen molar-refractivity contribution in [2.24, 2.45) is 5.92 Å². The van der Waals surface area contributed by atoms with E-state index in [1.165, 1.54) is 51.2 Å². The normalized spacial score (nSPS) is 16.3. The minimum Gasteiger partial charge on any atom is -0.207 e. The van der Waals surface area contributed by atoms with E-state index in [1.807, 2.05) is 0 Å². The highest BCUT2D eigenvalue weighted by Crippen LogP contribution is 2.22. The summed E-state index contributed by atoms with van der Waals surface area (Å²) in [6, 6.07) is 2.64. The second-order valence-electron chi connectivity index (χ2n) is 5.10. The lowest BCUT2D eigenvalue weighted by Gasteiger charge is -2.15. The fraction of sp³-hybridized carbons (Fsp3) is 0.600. The second-order valence-corrected chi connectivity index (χ2v) is 5.10. The predicted molar refractivity (Wildman–Crippen MR) is 68.1 cm³/mol. The zero-order valence-corrected chi connectivity index (χ0v) is 11.0. The maximum Gasteiger partial charge on any atom is 0.129 e. The Morgan fingerprint density at radius 3 is 1.76 bits per heavy atom. The van der Waals surface area contributed by atoms with Gasteiger partial charge in [-0.25, -0.2) is 8.78 Å². The van der Waals surface area contributed by atoms with E-state index < -0.39 is 11.6 Å². The minimum absolute atomic E-state index is 0.0885. The zero-order chi connectivity index (χ0) is 12.8. The molecule has 0 bridgehead atoms. The molecule has 1 aliphatic carbocycles. The number of hydrogen-bond acceptors (Lipinski definition) is 0. The summed E-state index contributed by atoms with van der Waals surface area (Å²) in [5, 5.41) is 0. The number of halogens is 2. The first kappa shape index (κ1) is 14.1. The lowest BCUT2D eigenvalue weighted by atomic mass is 9.91. The van der Waals surface area contributed by atoms with Crippen LogP contribution in [0.25, 0.3) is 0 Å². The minimum atomic E-state index is -0.475. The number of aryl methyl sites for hydroxylation is 1. The first-order chi connectivity index (χ1) is 8.00. The van der Waals surface area contributed by atoms with Gasteiger partial charge in [0, 0.05) is 5.56 Å². The van der Waals surface area contributed by atoms with Crippen LogP contribution < -0.4 is 0 Å². The van der Waals surface area contributed by atoms with Crippen molar-refractivity contribution >= 4 is 0 Å². The summed E-state index contributed by atoms with van der Waals surface area (Å²) in [5.41, 5.74) is 0.700. The van der Waals surface area contributed by atoms with Gasteiger partial charge in [-0.15, -0.1) is 0 Å². The monoisotopic (exact) mass is 240 g/mol. The molecule has 0 spiro atoms. The highest BCUT2D eigenvalue weighted by atomic mass is 19.1. The molecule has 1 aromatic rings. The summed E-state index contributed by atoms with van der Waals surface area (Å²) in [7, 11) is 0. The molecule has 0 radical (unpaired) electrons. The van der Waals surface area contributed by atoms with Crippen LogP contribution >= 0.6 is 0 Å². The van der Waals surface area contributed by atoms with Crippen LogP contribution in [0.4, 0.5) is 8.78 Å². The molecule has 0 saturated heterocycles. The molecule has 0 unspecified atom stereocenters. The Labute approximate surface area is 103 Å². The molecule has 1 fully saturated rings. The van der Waals surface area contributed by atoms with E-state index in [9.17, 15) is 8.78 Å². The van der Waals surface area contributed by atoms with Crippen molar-refractivity contribution in [1.29, 1.82) is 0 Å². The molecule has 17 heavy (non-hydrogen) atoms. The summed E-state index contributed by atoms with van der Waals surface area (Å²) in [6.07, 6.45) is 7.44. The van der Waals surface area contributed by atoms with Gasteiger partial charge in [-0.05, 0) is 37.5 Å². The summed E-state index contributed by atoms with van der Waals surface area (Å²) < 4.78 is 25.2. The van der Waals surface area contributed by atoms with Gasteiger partial charge in [0.05, 0.1) is 0 Å². The molecule has 2 heteroatoms. The molecule has 1 aromatic carbocycles. The second kappa shape index (κ2) is 6.73. The Morgan fingerprint density at radius 2 is 1.41 bits per heavy atom. The van der Waals surface area contributed by atoms with Crippen LogP contribution in [0.1, 0.15) is 50.2 Å². The van der Waals surface area contributed by atoms with Gasteiger partial charge in [-0.3, -0.25) is 0 Å². The van der Waals surface area contributed by atoms with Crippen molar-refractivity contribution in [3.63, 3.8) is 0 Å². The molecule has 0 aromatic heterocycles. The van der Waals surface area contributed by atoms with Gasteiger partial charge in [-0.2, -0.15) is 0 Å². The van der Waals surface area contributed by atoms with Gasteiger partial charge in [0.2, 0.25) is 0 Å². The maximum atomic E-state index is 12.6. The fourth-order valence-electron chi connectivity index (χ4n) is 2.08. The van der Waals surface area contributed by atoms with Crippen LogP contribution in [0.15, 0.2) is 12.1 Å². The average Bonchev–Trinajstić information content (AvgIpc) is 2.27. The Morgan fingerprint density at radius 1 is 0.941 bits per heavy atom. The molecule has 96 valence electrons. The van der Waals surface area contributed by atoms with Gasteiger partial charge in [0.1, 0.15) is 11.6 Å². The molecular formula is C15H22F2. The number of benzene rings is 1. The van der Waals surface area contributed by atoms with Crippen LogP contribution in [-0.4, -0.2) is 0 Å². The smallest absolute Gasteiger partial charge is 0.129 e. The van der Waals surface area contributed by atoms with Crippen LogP contribution in [0.2, 0.25) is 0 Å². The molecule has 0 nitrogen and oxygen atoms in total. The molecule has 1 saturated carbocycles. The Bertz CT molecular complexity index is 329. The van der Waals surface area contributed by atoms with Gasteiger partial charge in [0.15, 0.2) is 0 Å². The molecular weight excluding hydrogens is 218 g/mol. The van der Waals surface area contributed by atoms with E-state index in [-0.39, 0.29) is 5.56 Å². The molecule has 0 aliphatic heterocycles. The molecule has 0 N–H and O–H groups in total. The third kappa shape index (κ3) is 4.84. The Balaban J connectivity index is 0.000000181. The van der Waals surface area contributed by atoms with E-state index in [2.05, 4.69) is 6.92 Å². The summed E-state index contributed by atoms with van der Waals surface area (Å²) >= 11 is 0. The summed E-state index contributed by atoms with van der Waals surface area (Å²) in [5.74, 6) is 0.0868.